The van der Waals surface area contributed by atoms with Crippen LogP contribution in [0.1, 0.15) is 36.0 Å². The molecular weight excluding hydrogens is 599 g/mol. The van der Waals surface area contributed by atoms with Gasteiger partial charge in [0.2, 0.25) is 0 Å². The average Bonchev–Trinajstić information content (AvgIpc) is 3.81. The number of nitrogens with two attached hydrogens (primary N) is 1. The predicted molar refractivity (Wildman–Crippen MR) is 186 cm³/mol. The number of carbonyl (C=O) groups excluding carboxylic acids is 2. The molecule has 7 nitrogen and oxygen atoms in total. The summed E-state index contributed by atoms with van der Waals surface area (Å²) in [6.45, 7) is 5.13. The minimum atomic E-state index is -0.104. The van der Waals surface area contributed by atoms with E-state index in [1.807, 2.05) is 64.2 Å². The van der Waals surface area contributed by atoms with Crippen molar-refractivity contribution in [3.05, 3.63) is 128 Å². The van der Waals surface area contributed by atoms with E-state index in [1.165, 1.54) is 22.7 Å². The number of amides is 2. The highest BCUT2D eigenvalue weighted by atomic mass is 32.1. The first-order valence-corrected chi connectivity index (χ1v) is 16.8. The van der Waals surface area contributed by atoms with Crippen molar-refractivity contribution in [2.24, 2.45) is 5.73 Å². The summed E-state index contributed by atoms with van der Waals surface area (Å²) in [6.07, 6.45) is 0. The number of nitrogens with one attached hydrogen (secondary N) is 1. The topological polar surface area (TPSA) is 81.9 Å². The number of nitrogens with zero attached hydrogens (tertiary/aromatic N) is 3. The molecule has 0 saturated carbocycles. The van der Waals surface area contributed by atoms with Crippen molar-refractivity contribution in [1.82, 2.24) is 9.80 Å². The number of likely N-dealkylation sites (N-methyl/N-ethyl adjacent to an activating group) is 1. The fourth-order valence-electron chi connectivity index (χ4n) is 5.63. The molecule has 1 aliphatic rings. The number of thiophene rings is 2. The summed E-state index contributed by atoms with van der Waals surface area (Å²) in [6, 6.07) is 30.3. The van der Waals surface area contributed by atoms with Crippen molar-refractivity contribution >= 4 is 45.9 Å². The van der Waals surface area contributed by atoms with Crippen LogP contribution in [0.2, 0.25) is 0 Å². The van der Waals surface area contributed by atoms with Gasteiger partial charge in [0.25, 0.3) is 11.8 Å². The first-order chi connectivity index (χ1) is 22.0. The third kappa shape index (κ3) is 7.51. The van der Waals surface area contributed by atoms with Gasteiger partial charge in [-0.2, -0.15) is 0 Å². The number of rotatable bonds is 10. The summed E-state index contributed by atoms with van der Waals surface area (Å²) in [5.41, 5.74) is 12.9. The van der Waals surface area contributed by atoms with Crippen LogP contribution in [-0.4, -0.2) is 54.8 Å². The average molecular weight is 636 g/mol. The van der Waals surface area contributed by atoms with Crippen LogP contribution in [0.3, 0.4) is 0 Å². The van der Waals surface area contributed by atoms with Gasteiger partial charge in [0.05, 0.1) is 21.1 Å². The Balaban J connectivity index is 1.29. The van der Waals surface area contributed by atoms with Gasteiger partial charge in [0, 0.05) is 45.8 Å². The Kier molecular flexibility index (Phi) is 9.71. The van der Waals surface area contributed by atoms with Crippen LogP contribution in [0.4, 0.5) is 11.4 Å². The van der Waals surface area contributed by atoms with Crippen molar-refractivity contribution < 1.29 is 9.59 Å². The maximum atomic E-state index is 13.6. The van der Waals surface area contributed by atoms with E-state index in [2.05, 4.69) is 64.6 Å². The Hall–Kier alpha value is -4.28. The Bertz CT molecular complexity index is 1750. The quantitative estimate of drug-likeness (QED) is 0.177. The van der Waals surface area contributed by atoms with Crippen LogP contribution in [0.25, 0.3) is 11.1 Å². The van der Waals surface area contributed by atoms with Gasteiger partial charge >= 0.3 is 0 Å². The van der Waals surface area contributed by atoms with Gasteiger partial charge in [-0.05, 0) is 76.0 Å². The fourth-order valence-corrected chi connectivity index (χ4v) is 6.94. The van der Waals surface area contributed by atoms with Gasteiger partial charge in [-0.25, -0.2) is 0 Å². The van der Waals surface area contributed by atoms with Gasteiger partial charge < -0.3 is 25.8 Å². The normalized spacial score (nSPS) is 13.5. The van der Waals surface area contributed by atoms with Crippen LogP contribution in [0, 0.1) is 0 Å². The first kappa shape index (κ1) is 30.7. The number of piperazine rings is 1. The molecule has 0 radical (unpaired) electrons. The van der Waals surface area contributed by atoms with E-state index in [9.17, 15) is 9.59 Å². The molecule has 0 spiro atoms. The van der Waals surface area contributed by atoms with E-state index in [-0.39, 0.29) is 11.8 Å². The van der Waals surface area contributed by atoms with Crippen LogP contribution >= 0.6 is 22.7 Å². The molecule has 230 valence electrons. The summed E-state index contributed by atoms with van der Waals surface area (Å²) >= 11 is 2.89. The lowest BCUT2D eigenvalue weighted by molar-refractivity contribution is 0.0734. The molecule has 0 bridgehead atoms. The molecule has 0 unspecified atom stereocenters. The van der Waals surface area contributed by atoms with Gasteiger partial charge in [0.15, 0.2) is 0 Å². The number of benzene rings is 3. The molecule has 3 heterocycles. The monoisotopic (exact) mass is 635 g/mol. The molecule has 2 aromatic heterocycles. The third-order valence-electron chi connectivity index (χ3n) is 8.09. The highest BCUT2D eigenvalue weighted by Crippen LogP contribution is 2.33. The zero-order valence-corrected chi connectivity index (χ0v) is 26.9. The number of hydrogen-bond donors (Lipinski definition) is 2. The molecule has 3 aromatic carbocycles. The Morgan fingerprint density at radius 2 is 1.40 bits per heavy atom. The Morgan fingerprint density at radius 3 is 2.09 bits per heavy atom. The second-order valence-corrected chi connectivity index (χ2v) is 13.2. The zero-order valence-electron chi connectivity index (χ0n) is 25.3. The highest BCUT2D eigenvalue weighted by Gasteiger charge is 2.21. The summed E-state index contributed by atoms with van der Waals surface area (Å²) < 4.78 is 0. The Labute approximate surface area is 272 Å². The molecule has 5 aromatic rings. The van der Waals surface area contributed by atoms with Gasteiger partial charge in [-0.1, -0.05) is 60.7 Å². The summed E-state index contributed by atoms with van der Waals surface area (Å²) in [4.78, 5) is 34.8. The van der Waals surface area contributed by atoms with Crippen LogP contribution < -0.4 is 16.0 Å². The second-order valence-electron chi connectivity index (χ2n) is 11.3. The fraction of sp³-hybridized carbons (Fsp3) is 0.222. The van der Waals surface area contributed by atoms with Crippen LogP contribution in [-0.2, 0) is 19.6 Å². The maximum Gasteiger partial charge on any atom is 0.265 e. The summed E-state index contributed by atoms with van der Waals surface area (Å²) in [7, 11) is 2.14. The van der Waals surface area contributed by atoms with E-state index in [0.29, 0.717) is 29.4 Å². The smallest absolute Gasteiger partial charge is 0.265 e. The minimum Gasteiger partial charge on any atom is -0.367 e. The zero-order chi connectivity index (χ0) is 31.2. The standard InChI is InChI=1S/C36H37N5O2S2/c1-39-14-16-40(17-15-39)32-13-12-30(22-31(32)38-35(42)33-10-4-18-44-33)29-9-3-8-28(21-29)25-41(36(43)34-11-5-19-45-34)24-27-7-2-6-26(20-27)23-37/h2-13,18-22H,14-17,23-25,37H2,1H3,(H,38,42). The van der Waals surface area contributed by atoms with Crippen molar-refractivity contribution in [1.29, 1.82) is 0 Å². The third-order valence-corrected chi connectivity index (χ3v) is 9.81. The molecule has 3 N–H and O–H groups in total. The SMILES string of the molecule is CN1CCN(c2ccc(-c3cccc(CN(Cc4cccc(CN)c4)C(=O)c4cccs4)c3)cc2NC(=O)c2cccs2)CC1. The first-order valence-electron chi connectivity index (χ1n) is 15.1. The van der Waals surface area contributed by atoms with Crippen LogP contribution in [0.15, 0.2) is 102 Å². The Morgan fingerprint density at radius 1 is 0.756 bits per heavy atom. The summed E-state index contributed by atoms with van der Waals surface area (Å²) in [5, 5.41) is 7.05. The molecule has 0 aliphatic carbocycles. The van der Waals surface area contributed by atoms with E-state index in [0.717, 1.165) is 65.4 Å². The van der Waals surface area contributed by atoms with E-state index < -0.39 is 0 Å². The van der Waals surface area contributed by atoms with E-state index in [4.69, 9.17) is 5.73 Å². The number of hydrogen-bond acceptors (Lipinski definition) is 7. The molecule has 1 saturated heterocycles. The van der Waals surface area contributed by atoms with Crippen LogP contribution in [0.5, 0.6) is 0 Å². The van der Waals surface area contributed by atoms with Crippen molar-refractivity contribution in [2.45, 2.75) is 19.6 Å². The van der Waals surface area contributed by atoms with Crippen molar-refractivity contribution in [3.8, 4) is 11.1 Å². The van der Waals surface area contributed by atoms with E-state index >= 15 is 0 Å². The number of carbonyl (C=O) groups is 2. The second kappa shape index (κ2) is 14.2. The predicted octanol–water partition coefficient (Wildman–Crippen LogP) is 6.78. The molecule has 2 amide bonds. The van der Waals surface area contributed by atoms with Gasteiger partial charge in [0.1, 0.15) is 0 Å². The molecule has 9 heteroatoms. The van der Waals surface area contributed by atoms with Gasteiger partial charge in [-0.3, -0.25) is 9.59 Å². The van der Waals surface area contributed by atoms with Gasteiger partial charge in [-0.15, -0.1) is 22.7 Å². The largest absolute Gasteiger partial charge is 0.367 e. The molecule has 1 fully saturated rings. The molecule has 1 aliphatic heterocycles. The highest BCUT2D eigenvalue weighted by molar-refractivity contribution is 7.12. The lowest BCUT2D eigenvalue weighted by Crippen LogP contribution is -2.44. The van der Waals surface area contributed by atoms with Crippen molar-refractivity contribution in [2.75, 3.05) is 43.4 Å². The molecule has 45 heavy (non-hydrogen) atoms. The van der Waals surface area contributed by atoms with E-state index in [1.54, 1.807) is 0 Å². The minimum absolute atomic E-state index is 0.00339. The molecule has 6 rings (SSSR count). The number of anilines is 2. The lowest BCUT2D eigenvalue weighted by atomic mass is 10.0. The maximum absolute atomic E-state index is 13.6. The molecule has 0 atom stereocenters. The lowest BCUT2D eigenvalue weighted by Gasteiger charge is -2.35. The molecular formula is C36H37N5O2S2. The van der Waals surface area contributed by atoms with Crippen molar-refractivity contribution in [3.63, 3.8) is 0 Å². The summed E-state index contributed by atoms with van der Waals surface area (Å²) in [5.74, 6) is -0.101.